The molecule has 0 spiro atoms. The molecule has 1 aliphatic heterocycles. The molecule has 2 amide bonds. The molecule has 0 saturated carbocycles. The number of hydrogen-bond acceptors (Lipinski definition) is 3. The molecule has 0 aromatic heterocycles. The van der Waals surface area contributed by atoms with E-state index in [0.717, 1.165) is 25.9 Å². The van der Waals surface area contributed by atoms with Crippen LogP contribution in [0.4, 0.5) is 0 Å². The largest absolute Gasteiger partial charge is 0.483 e. The first kappa shape index (κ1) is 14.4. The molecule has 1 aromatic carbocycles. The van der Waals surface area contributed by atoms with E-state index in [-0.39, 0.29) is 12.5 Å². The molecule has 1 fully saturated rings. The number of primary amides is 1. The van der Waals surface area contributed by atoms with Crippen molar-refractivity contribution >= 4 is 11.8 Å². The predicted octanol–water partition coefficient (Wildman–Crippen LogP) is 1.57. The normalized spacial score (nSPS) is 15.5. The molecule has 0 aliphatic carbocycles. The minimum absolute atomic E-state index is 0.0360. The van der Waals surface area contributed by atoms with Crippen molar-refractivity contribution in [2.45, 2.75) is 25.7 Å². The molecule has 0 atom stereocenters. The van der Waals surface area contributed by atoms with Gasteiger partial charge in [0.25, 0.3) is 11.8 Å². The van der Waals surface area contributed by atoms with Gasteiger partial charge in [-0.05, 0) is 25.0 Å². The van der Waals surface area contributed by atoms with Crippen LogP contribution in [0.25, 0.3) is 0 Å². The summed E-state index contributed by atoms with van der Waals surface area (Å²) in [5, 5.41) is 0. The van der Waals surface area contributed by atoms with E-state index < -0.39 is 5.91 Å². The first-order chi connectivity index (χ1) is 9.68. The molecule has 1 aliphatic rings. The van der Waals surface area contributed by atoms with Crippen molar-refractivity contribution in [3.63, 3.8) is 0 Å². The molecule has 20 heavy (non-hydrogen) atoms. The average Bonchev–Trinajstić information content (AvgIpc) is 2.74. The summed E-state index contributed by atoms with van der Waals surface area (Å²) in [6.45, 7) is 1.53. The molecule has 1 saturated heterocycles. The van der Waals surface area contributed by atoms with Gasteiger partial charge in [-0.1, -0.05) is 25.0 Å². The zero-order chi connectivity index (χ0) is 14.4. The lowest BCUT2D eigenvalue weighted by Crippen LogP contribution is -2.35. The molecule has 0 bridgehead atoms. The third-order valence-corrected chi connectivity index (χ3v) is 3.46. The zero-order valence-electron chi connectivity index (χ0n) is 11.5. The van der Waals surface area contributed by atoms with Crippen LogP contribution in [0.15, 0.2) is 24.3 Å². The van der Waals surface area contributed by atoms with Gasteiger partial charge in [-0.3, -0.25) is 9.59 Å². The summed E-state index contributed by atoms with van der Waals surface area (Å²) in [6.07, 6.45) is 4.44. The summed E-state index contributed by atoms with van der Waals surface area (Å²) in [6, 6.07) is 6.70. The Hall–Kier alpha value is -2.04. The highest BCUT2D eigenvalue weighted by Crippen LogP contribution is 2.17. The number of likely N-dealkylation sites (tertiary alicyclic amines) is 1. The molecule has 0 radical (unpaired) electrons. The van der Waals surface area contributed by atoms with Gasteiger partial charge in [-0.15, -0.1) is 0 Å². The second-order valence-corrected chi connectivity index (χ2v) is 4.94. The average molecular weight is 276 g/mol. The van der Waals surface area contributed by atoms with Gasteiger partial charge in [0.05, 0.1) is 5.56 Å². The van der Waals surface area contributed by atoms with Gasteiger partial charge in [0, 0.05) is 13.1 Å². The Morgan fingerprint density at radius 2 is 1.75 bits per heavy atom. The van der Waals surface area contributed by atoms with Crippen LogP contribution in [0.3, 0.4) is 0 Å². The Balaban J connectivity index is 1.94. The van der Waals surface area contributed by atoms with Crippen LogP contribution in [0.1, 0.15) is 36.0 Å². The van der Waals surface area contributed by atoms with Gasteiger partial charge in [0.1, 0.15) is 5.75 Å². The van der Waals surface area contributed by atoms with E-state index in [2.05, 4.69) is 0 Å². The molecule has 108 valence electrons. The van der Waals surface area contributed by atoms with Crippen LogP contribution in [0, 0.1) is 0 Å². The number of nitrogens with two attached hydrogens (primary N) is 1. The van der Waals surface area contributed by atoms with Gasteiger partial charge in [-0.25, -0.2) is 0 Å². The molecular formula is C15H20N2O3. The number of rotatable bonds is 4. The minimum Gasteiger partial charge on any atom is -0.483 e. The Bertz CT molecular complexity index is 480. The van der Waals surface area contributed by atoms with E-state index >= 15 is 0 Å². The number of para-hydroxylation sites is 1. The van der Waals surface area contributed by atoms with Crippen molar-refractivity contribution in [2.75, 3.05) is 19.7 Å². The van der Waals surface area contributed by atoms with Crippen molar-refractivity contribution in [1.29, 1.82) is 0 Å². The van der Waals surface area contributed by atoms with Gasteiger partial charge in [0.2, 0.25) is 0 Å². The molecule has 1 aromatic rings. The predicted molar refractivity (Wildman–Crippen MR) is 75.5 cm³/mol. The van der Waals surface area contributed by atoms with E-state index in [1.165, 1.54) is 12.8 Å². The maximum absolute atomic E-state index is 12.1. The van der Waals surface area contributed by atoms with Gasteiger partial charge in [0.15, 0.2) is 6.61 Å². The summed E-state index contributed by atoms with van der Waals surface area (Å²) in [4.78, 5) is 25.2. The first-order valence-corrected chi connectivity index (χ1v) is 6.98. The van der Waals surface area contributed by atoms with Crippen LogP contribution in [-0.2, 0) is 4.79 Å². The van der Waals surface area contributed by atoms with Crippen molar-refractivity contribution in [3.05, 3.63) is 29.8 Å². The fraction of sp³-hybridized carbons (Fsp3) is 0.467. The Labute approximate surface area is 118 Å². The molecule has 2 N–H and O–H groups in total. The van der Waals surface area contributed by atoms with Crippen LogP contribution in [0.5, 0.6) is 5.75 Å². The monoisotopic (exact) mass is 276 g/mol. The first-order valence-electron chi connectivity index (χ1n) is 6.98. The molecule has 1 heterocycles. The van der Waals surface area contributed by atoms with Crippen LogP contribution in [0.2, 0.25) is 0 Å². The summed E-state index contributed by atoms with van der Waals surface area (Å²) in [5.74, 6) is -0.225. The lowest BCUT2D eigenvalue weighted by atomic mass is 10.2. The number of benzene rings is 1. The summed E-state index contributed by atoms with van der Waals surface area (Å²) in [5.41, 5.74) is 5.57. The lowest BCUT2D eigenvalue weighted by molar-refractivity contribution is -0.133. The number of hydrogen-bond donors (Lipinski definition) is 1. The molecule has 2 rings (SSSR count). The quantitative estimate of drug-likeness (QED) is 0.907. The van der Waals surface area contributed by atoms with E-state index in [0.29, 0.717) is 11.3 Å². The summed E-state index contributed by atoms with van der Waals surface area (Å²) >= 11 is 0. The van der Waals surface area contributed by atoms with Crippen molar-refractivity contribution in [3.8, 4) is 5.75 Å². The molecule has 0 unspecified atom stereocenters. The maximum Gasteiger partial charge on any atom is 0.260 e. The second kappa shape index (κ2) is 6.93. The minimum atomic E-state index is -0.553. The van der Waals surface area contributed by atoms with Gasteiger partial charge in [-0.2, -0.15) is 0 Å². The summed E-state index contributed by atoms with van der Waals surface area (Å²) < 4.78 is 5.46. The van der Waals surface area contributed by atoms with Crippen LogP contribution >= 0.6 is 0 Å². The second-order valence-electron chi connectivity index (χ2n) is 4.94. The topological polar surface area (TPSA) is 72.6 Å². The number of carbonyl (C=O) groups excluding carboxylic acids is 2. The standard InChI is InChI=1S/C15H20N2O3/c16-15(19)12-7-3-4-8-13(12)20-11-14(18)17-9-5-1-2-6-10-17/h3-4,7-8H,1-2,5-6,9-11H2,(H2,16,19). The Kier molecular flexibility index (Phi) is 4.98. The third kappa shape index (κ3) is 3.73. The fourth-order valence-electron chi connectivity index (χ4n) is 2.35. The number of carbonyl (C=O) groups is 2. The Morgan fingerprint density at radius 3 is 2.40 bits per heavy atom. The van der Waals surface area contributed by atoms with E-state index in [9.17, 15) is 9.59 Å². The van der Waals surface area contributed by atoms with Crippen LogP contribution < -0.4 is 10.5 Å². The highest BCUT2D eigenvalue weighted by molar-refractivity contribution is 5.95. The summed E-state index contributed by atoms with van der Waals surface area (Å²) in [7, 11) is 0. The van der Waals surface area contributed by atoms with Gasteiger partial charge >= 0.3 is 0 Å². The third-order valence-electron chi connectivity index (χ3n) is 3.46. The van der Waals surface area contributed by atoms with Crippen LogP contribution in [-0.4, -0.2) is 36.4 Å². The lowest BCUT2D eigenvalue weighted by Gasteiger charge is -2.20. The molecular weight excluding hydrogens is 256 g/mol. The van der Waals surface area contributed by atoms with Gasteiger partial charge < -0.3 is 15.4 Å². The van der Waals surface area contributed by atoms with E-state index in [1.807, 2.05) is 4.90 Å². The van der Waals surface area contributed by atoms with Crippen molar-refractivity contribution in [1.82, 2.24) is 4.90 Å². The Morgan fingerprint density at radius 1 is 1.10 bits per heavy atom. The number of nitrogens with zero attached hydrogens (tertiary/aromatic N) is 1. The van der Waals surface area contributed by atoms with E-state index in [4.69, 9.17) is 10.5 Å². The van der Waals surface area contributed by atoms with E-state index in [1.54, 1.807) is 24.3 Å². The highest BCUT2D eigenvalue weighted by Gasteiger charge is 2.17. The van der Waals surface area contributed by atoms with Crippen molar-refractivity contribution in [2.24, 2.45) is 5.73 Å². The zero-order valence-corrected chi connectivity index (χ0v) is 11.5. The smallest absolute Gasteiger partial charge is 0.260 e. The molecule has 5 heteroatoms. The van der Waals surface area contributed by atoms with Crippen molar-refractivity contribution < 1.29 is 14.3 Å². The molecule has 5 nitrogen and oxygen atoms in total. The highest BCUT2D eigenvalue weighted by atomic mass is 16.5. The fourth-order valence-corrected chi connectivity index (χ4v) is 2.35. The number of ether oxygens (including phenoxy) is 1. The SMILES string of the molecule is NC(=O)c1ccccc1OCC(=O)N1CCCCCC1. The number of amides is 2. The maximum atomic E-state index is 12.1.